The molecule has 2 aromatic rings. The number of hydrogen-bond acceptors (Lipinski definition) is 4. The van der Waals surface area contributed by atoms with Crippen LogP contribution >= 0.6 is 0 Å². The SMILES string of the molecule is CCN(CC)C(=O)c1cc(N)ccc1N1CCN(C(=O)Nc2cccc(C)c2)CC1. The third-order valence-electron chi connectivity index (χ3n) is 5.48. The molecule has 1 fully saturated rings. The minimum absolute atomic E-state index is 0.0121. The first kappa shape index (κ1) is 21.5. The molecule has 7 nitrogen and oxygen atoms in total. The first-order valence-electron chi connectivity index (χ1n) is 10.5. The number of piperazine rings is 1. The number of hydrogen-bond donors (Lipinski definition) is 2. The Balaban J connectivity index is 1.69. The molecule has 0 saturated carbocycles. The second-order valence-corrected chi connectivity index (χ2v) is 7.53. The minimum atomic E-state index is -0.100. The van der Waals surface area contributed by atoms with Gasteiger partial charge in [-0.2, -0.15) is 0 Å². The van der Waals surface area contributed by atoms with E-state index >= 15 is 0 Å². The van der Waals surface area contributed by atoms with E-state index in [1.807, 2.05) is 62.1 Å². The zero-order valence-electron chi connectivity index (χ0n) is 18.0. The fourth-order valence-electron chi connectivity index (χ4n) is 3.76. The van der Waals surface area contributed by atoms with Gasteiger partial charge < -0.3 is 25.8 Å². The lowest BCUT2D eigenvalue weighted by atomic mass is 10.1. The predicted octanol–water partition coefficient (Wildman–Crippen LogP) is 3.41. The van der Waals surface area contributed by atoms with E-state index in [1.54, 1.807) is 11.0 Å². The van der Waals surface area contributed by atoms with E-state index in [-0.39, 0.29) is 11.9 Å². The number of rotatable bonds is 5. The molecule has 30 heavy (non-hydrogen) atoms. The van der Waals surface area contributed by atoms with Gasteiger partial charge in [0.05, 0.1) is 5.56 Å². The molecule has 0 aliphatic carbocycles. The third-order valence-corrected chi connectivity index (χ3v) is 5.48. The molecule has 0 atom stereocenters. The summed E-state index contributed by atoms with van der Waals surface area (Å²) in [6.07, 6.45) is 0. The molecular weight excluding hydrogens is 378 g/mol. The van der Waals surface area contributed by atoms with Gasteiger partial charge in [0, 0.05) is 56.3 Å². The number of benzene rings is 2. The molecule has 0 unspecified atom stereocenters. The van der Waals surface area contributed by atoms with Crippen LogP contribution < -0.4 is 16.0 Å². The third kappa shape index (κ3) is 4.84. The van der Waals surface area contributed by atoms with Crippen LogP contribution in [0.25, 0.3) is 0 Å². The second-order valence-electron chi connectivity index (χ2n) is 7.53. The molecule has 3 rings (SSSR count). The van der Waals surface area contributed by atoms with Crippen molar-refractivity contribution < 1.29 is 9.59 Å². The standard InChI is InChI=1S/C23H31N5O2/c1-4-26(5-2)22(29)20-16-18(24)9-10-21(20)27-11-13-28(14-12-27)23(30)25-19-8-6-7-17(3)15-19/h6-10,15-16H,4-5,11-14,24H2,1-3H3,(H,25,30). The summed E-state index contributed by atoms with van der Waals surface area (Å²) >= 11 is 0. The molecule has 1 aliphatic heterocycles. The van der Waals surface area contributed by atoms with Gasteiger partial charge in [-0.15, -0.1) is 0 Å². The summed E-state index contributed by atoms with van der Waals surface area (Å²) in [6.45, 7) is 9.72. The van der Waals surface area contributed by atoms with E-state index in [9.17, 15) is 9.59 Å². The number of nitrogens with zero attached hydrogens (tertiary/aromatic N) is 3. The highest BCUT2D eigenvalue weighted by atomic mass is 16.2. The number of nitrogen functional groups attached to an aromatic ring is 1. The highest BCUT2D eigenvalue weighted by Gasteiger charge is 2.25. The van der Waals surface area contributed by atoms with Crippen LogP contribution in [0.1, 0.15) is 29.8 Å². The van der Waals surface area contributed by atoms with Crippen molar-refractivity contribution in [3.8, 4) is 0 Å². The maximum absolute atomic E-state index is 13.0. The van der Waals surface area contributed by atoms with E-state index in [4.69, 9.17) is 5.73 Å². The minimum Gasteiger partial charge on any atom is -0.399 e. The number of urea groups is 1. The van der Waals surface area contributed by atoms with Gasteiger partial charge in [-0.05, 0) is 56.7 Å². The molecule has 0 spiro atoms. The Morgan fingerprint density at radius 3 is 2.37 bits per heavy atom. The average Bonchev–Trinajstić information content (AvgIpc) is 2.74. The monoisotopic (exact) mass is 409 g/mol. The Hall–Kier alpha value is -3.22. The number of anilines is 3. The van der Waals surface area contributed by atoms with Crippen LogP contribution in [0.15, 0.2) is 42.5 Å². The maximum atomic E-state index is 13.0. The average molecular weight is 410 g/mol. The molecule has 1 aliphatic rings. The first-order valence-corrected chi connectivity index (χ1v) is 10.5. The van der Waals surface area contributed by atoms with Crippen LogP contribution in [0, 0.1) is 6.92 Å². The fourth-order valence-corrected chi connectivity index (χ4v) is 3.76. The van der Waals surface area contributed by atoms with Crippen LogP contribution in [0.5, 0.6) is 0 Å². The van der Waals surface area contributed by atoms with Gasteiger partial charge in [0.1, 0.15) is 0 Å². The molecule has 1 saturated heterocycles. The molecule has 0 aromatic heterocycles. The van der Waals surface area contributed by atoms with Gasteiger partial charge >= 0.3 is 6.03 Å². The summed E-state index contributed by atoms with van der Waals surface area (Å²) in [7, 11) is 0. The van der Waals surface area contributed by atoms with Crippen LogP contribution in [-0.2, 0) is 0 Å². The molecule has 0 radical (unpaired) electrons. The van der Waals surface area contributed by atoms with Crippen LogP contribution in [0.3, 0.4) is 0 Å². The molecule has 1 heterocycles. The molecular formula is C23H31N5O2. The van der Waals surface area contributed by atoms with Gasteiger partial charge in [-0.25, -0.2) is 4.79 Å². The number of nitrogens with one attached hydrogen (secondary N) is 1. The van der Waals surface area contributed by atoms with E-state index in [2.05, 4.69) is 10.2 Å². The van der Waals surface area contributed by atoms with Crippen molar-refractivity contribution in [3.63, 3.8) is 0 Å². The second kappa shape index (κ2) is 9.52. The summed E-state index contributed by atoms with van der Waals surface area (Å²) in [5.41, 5.74) is 9.95. The summed E-state index contributed by atoms with van der Waals surface area (Å²) in [5, 5.41) is 2.97. The van der Waals surface area contributed by atoms with Crippen LogP contribution in [0.4, 0.5) is 21.9 Å². The fraction of sp³-hybridized carbons (Fsp3) is 0.391. The molecule has 160 valence electrons. The largest absolute Gasteiger partial charge is 0.399 e. The van der Waals surface area contributed by atoms with E-state index < -0.39 is 0 Å². The Labute approximate surface area is 178 Å². The van der Waals surface area contributed by atoms with Crippen molar-refractivity contribution in [2.24, 2.45) is 0 Å². The molecule has 3 N–H and O–H groups in total. The molecule has 3 amide bonds. The number of carbonyl (C=O) groups excluding carboxylic acids is 2. The molecule has 7 heteroatoms. The van der Waals surface area contributed by atoms with Crippen LogP contribution in [-0.4, -0.2) is 61.0 Å². The zero-order chi connectivity index (χ0) is 21.7. The summed E-state index contributed by atoms with van der Waals surface area (Å²) in [4.78, 5) is 31.4. The van der Waals surface area contributed by atoms with Crippen molar-refractivity contribution >= 4 is 29.0 Å². The summed E-state index contributed by atoms with van der Waals surface area (Å²) in [5.74, 6) is -0.0121. The van der Waals surface area contributed by atoms with E-state index in [0.717, 1.165) is 16.9 Å². The number of nitrogens with two attached hydrogens (primary N) is 1. The topological polar surface area (TPSA) is 81.9 Å². The predicted molar refractivity (Wildman–Crippen MR) is 122 cm³/mol. The van der Waals surface area contributed by atoms with Crippen LogP contribution in [0.2, 0.25) is 0 Å². The lowest BCUT2D eigenvalue weighted by Crippen LogP contribution is -2.50. The highest BCUT2D eigenvalue weighted by molar-refractivity contribution is 6.01. The van der Waals surface area contributed by atoms with Crippen molar-refractivity contribution in [2.75, 3.05) is 55.2 Å². The Kier molecular flexibility index (Phi) is 6.82. The van der Waals surface area contributed by atoms with Crippen molar-refractivity contribution in [2.45, 2.75) is 20.8 Å². The van der Waals surface area contributed by atoms with Crippen molar-refractivity contribution in [1.82, 2.24) is 9.80 Å². The first-order chi connectivity index (χ1) is 14.4. The van der Waals surface area contributed by atoms with Gasteiger partial charge in [-0.1, -0.05) is 12.1 Å². The highest BCUT2D eigenvalue weighted by Crippen LogP contribution is 2.26. The van der Waals surface area contributed by atoms with Gasteiger partial charge in [-0.3, -0.25) is 4.79 Å². The normalized spacial score (nSPS) is 13.8. The van der Waals surface area contributed by atoms with Crippen molar-refractivity contribution in [1.29, 1.82) is 0 Å². The van der Waals surface area contributed by atoms with E-state index in [0.29, 0.717) is 50.5 Å². The number of aryl methyl sites for hydroxylation is 1. The maximum Gasteiger partial charge on any atom is 0.321 e. The lowest BCUT2D eigenvalue weighted by Gasteiger charge is -2.37. The smallest absolute Gasteiger partial charge is 0.321 e. The van der Waals surface area contributed by atoms with Crippen molar-refractivity contribution in [3.05, 3.63) is 53.6 Å². The lowest BCUT2D eigenvalue weighted by molar-refractivity contribution is 0.0773. The Morgan fingerprint density at radius 1 is 1.03 bits per heavy atom. The quantitative estimate of drug-likeness (QED) is 0.742. The molecule has 2 aromatic carbocycles. The summed E-state index contributed by atoms with van der Waals surface area (Å²) in [6, 6.07) is 13.2. The Bertz CT molecular complexity index is 902. The van der Waals surface area contributed by atoms with Gasteiger partial charge in [0.15, 0.2) is 0 Å². The van der Waals surface area contributed by atoms with Gasteiger partial charge in [0.2, 0.25) is 0 Å². The van der Waals surface area contributed by atoms with Gasteiger partial charge in [0.25, 0.3) is 5.91 Å². The zero-order valence-corrected chi connectivity index (χ0v) is 18.0. The number of amides is 3. The Morgan fingerprint density at radius 2 is 1.73 bits per heavy atom. The van der Waals surface area contributed by atoms with E-state index in [1.165, 1.54) is 0 Å². The number of carbonyl (C=O) groups is 2. The summed E-state index contributed by atoms with van der Waals surface area (Å²) < 4.78 is 0. The molecule has 0 bridgehead atoms.